The maximum absolute atomic E-state index is 12.4. The summed E-state index contributed by atoms with van der Waals surface area (Å²) in [5.74, 6) is 0.0761. The molecule has 1 aromatic rings. The van der Waals surface area contributed by atoms with Crippen LogP contribution in [0.15, 0.2) is 35.5 Å². The fourth-order valence-corrected chi connectivity index (χ4v) is 2.62. The number of carbonyl (C=O) groups is 1. The summed E-state index contributed by atoms with van der Waals surface area (Å²) in [5, 5.41) is 4.08. The topological polar surface area (TPSA) is 46.3 Å². The number of rotatable bonds is 2. The van der Waals surface area contributed by atoms with Gasteiger partial charge in [0.05, 0.1) is 38.9 Å². The Kier molecular flexibility index (Phi) is 3.69. The molecular formula is C15H20N3O2+. The summed E-state index contributed by atoms with van der Waals surface area (Å²) in [4.78, 5) is 21.1. The van der Waals surface area contributed by atoms with Crippen LogP contribution in [0.4, 0.5) is 0 Å². The van der Waals surface area contributed by atoms with Gasteiger partial charge in [-0.15, -0.1) is 0 Å². The van der Waals surface area contributed by atoms with E-state index in [2.05, 4.69) is 12.2 Å². The summed E-state index contributed by atoms with van der Waals surface area (Å²) in [7, 11) is 2.16. The van der Waals surface area contributed by atoms with E-state index in [-0.39, 0.29) is 5.91 Å². The molecule has 2 aliphatic rings. The lowest BCUT2D eigenvalue weighted by Crippen LogP contribution is -3.12. The van der Waals surface area contributed by atoms with Crippen molar-refractivity contribution in [2.45, 2.75) is 12.5 Å². The minimum Gasteiger partial charge on any atom is -0.382 e. The van der Waals surface area contributed by atoms with Crippen molar-refractivity contribution in [1.29, 1.82) is 0 Å². The van der Waals surface area contributed by atoms with Gasteiger partial charge in [-0.25, -0.2) is 0 Å². The fourth-order valence-electron chi connectivity index (χ4n) is 2.62. The average molecular weight is 274 g/mol. The molecule has 0 unspecified atom stereocenters. The van der Waals surface area contributed by atoms with Gasteiger partial charge >= 0.3 is 0 Å². The van der Waals surface area contributed by atoms with E-state index in [1.807, 2.05) is 35.2 Å². The van der Waals surface area contributed by atoms with Crippen molar-refractivity contribution in [2.24, 2.45) is 5.16 Å². The van der Waals surface area contributed by atoms with Crippen LogP contribution in [0.1, 0.15) is 12.0 Å². The van der Waals surface area contributed by atoms with Crippen LogP contribution >= 0.6 is 0 Å². The highest BCUT2D eigenvalue weighted by Crippen LogP contribution is 2.18. The van der Waals surface area contributed by atoms with Gasteiger partial charge in [0.1, 0.15) is 0 Å². The highest BCUT2D eigenvalue weighted by atomic mass is 16.6. The largest absolute Gasteiger partial charge is 0.382 e. The summed E-state index contributed by atoms with van der Waals surface area (Å²) in [5.41, 5.74) is 1.90. The molecule has 0 aliphatic carbocycles. The van der Waals surface area contributed by atoms with Crippen molar-refractivity contribution >= 4 is 11.6 Å². The third-order valence-corrected chi connectivity index (χ3v) is 3.98. The minimum atomic E-state index is -0.441. The fraction of sp³-hybridized carbons (Fsp3) is 0.467. The van der Waals surface area contributed by atoms with E-state index in [0.29, 0.717) is 6.42 Å². The SMILES string of the molecule is C[NH+]1CCN(C(=O)[C@@H]2CC(c3ccccc3)=NO2)CC1. The highest BCUT2D eigenvalue weighted by molar-refractivity contribution is 6.04. The number of quaternary nitrogens is 1. The third kappa shape index (κ3) is 2.67. The maximum Gasteiger partial charge on any atom is 0.267 e. The van der Waals surface area contributed by atoms with Gasteiger partial charge in [-0.1, -0.05) is 35.5 Å². The van der Waals surface area contributed by atoms with E-state index in [4.69, 9.17) is 4.84 Å². The molecule has 1 N–H and O–H groups in total. The molecule has 0 spiro atoms. The summed E-state index contributed by atoms with van der Waals surface area (Å²) in [6.07, 6.45) is 0.130. The highest BCUT2D eigenvalue weighted by Gasteiger charge is 2.34. The van der Waals surface area contributed by atoms with Gasteiger partial charge in [-0.05, 0) is 5.56 Å². The van der Waals surface area contributed by atoms with Crippen molar-refractivity contribution in [1.82, 2.24) is 4.90 Å². The van der Waals surface area contributed by atoms with E-state index in [9.17, 15) is 4.79 Å². The molecule has 1 amide bonds. The van der Waals surface area contributed by atoms with Gasteiger partial charge in [0.2, 0.25) is 6.10 Å². The molecule has 3 rings (SSSR count). The first-order chi connectivity index (χ1) is 9.74. The summed E-state index contributed by atoms with van der Waals surface area (Å²) >= 11 is 0. The molecule has 1 fully saturated rings. The molecule has 5 nitrogen and oxygen atoms in total. The van der Waals surface area contributed by atoms with Crippen LogP contribution in [-0.4, -0.2) is 55.8 Å². The van der Waals surface area contributed by atoms with Crippen LogP contribution < -0.4 is 4.90 Å². The summed E-state index contributed by atoms with van der Waals surface area (Å²) in [6.45, 7) is 3.63. The quantitative estimate of drug-likeness (QED) is 0.793. The second-order valence-corrected chi connectivity index (χ2v) is 5.48. The molecule has 0 radical (unpaired) electrons. The van der Waals surface area contributed by atoms with Crippen LogP contribution in [0.5, 0.6) is 0 Å². The summed E-state index contributed by atoms with van der Waals surface area (Å²) < 4.78 is 0. The van der Waals surface area contributed by atoms with Crippen molar-refractivity contribution < 1.29 is 14.5 Å². The lowest BCUT2D eigenvalue weighted by molar-refractivity contribution is -0.883. The third-order valence-electron chi connectivity index (χ3n) is 3.98. The Morgan fingerprint density at radius 2 is 2.00 bits per heavy atom. The number of piperazine rings is 1. The van der Waals surface area contributed by atoms with E-state index in [1.165, 1.54) is 4.90 Å². The Morgan fingerprint density at radius 3 is 2.70 bits per heavy atom. The zero-order chi connectivity index (χ0) is 13.9. The van der Waals surface area contributed by atoms with Crippen molar-refractivity contribution in [3.05, 3.63) is 35.9 Å². The van der Waals surface area contributed by atoms with Gasteiger partial charge in [0.15, 0.2) is 0 Å². The summed E-state index contributed by atoms with van der Waals surface area (Å²) in [6, 6.07) is 9.89. The Morgan fingerprint density at radius 1 is 1.30 bits per heavy atom. The Bertz CT molecular complexity index is 507. The monoisotopic (exact) mass is 274 g/mol. The van der Waals surface area contributed by atoms with Crippen LogP contribution in [0.3, 0.4) is 0 Å². The second kappa shape index (κ2) is 5.63. The first kappa shape index (κ1) is 13.1. The zero-order valence-corrected chi connectivity index (χ0v) is 11.7. The predicted molar refractivity (Wildman–Crippen MR) is 75.7 cm³/mol. The molecule has 0 bridgehead atoms. The molecule has 1 atom stereocenters. The lowest BCUT2D eigenvalue weighted by Gasteiger charge is -2.31. The number of nitrogens with one attached hydrogen (secondary N) is 1. The lowest BCUT2D eigenvalue weighted by atomic mass is 10.0. The molecule has 106 valence electrons. The average Bonchev–Trinajstić information content (AvgIpc) is 2.98. The molecule has 5 heteroatoms. The normalized spacial score (nSPS) is 23.4. The van der Waals surface area contributed by atoms with Gasteiger partial charge in [-0.2, -0.15) is 0 Å². The van der Waals surface area contributed by atoms with Gasteiger partial charge in [0.25, 0.3) is 5.91 Å². The van der Waals surface area contributed by atoms with Crippen LogP contribution in [0.2, 0.25) is 0 Å². The van der Waals surface area contributed by atoms with E-state index in [1.54, 1.807) is 0 Å². The van der Waals surface area contributed by atoms with Gasteiger partial charge in [0, 0.05) is 6.42 Å². The number of amides is 1. The van der Waals surface area contributed by atoms with Crippen LogP contribution in [-0.2, 0) is 9.63 Å². The smallest absolute Gasteiger partial charge is 0.267 e. The molecule has 0 aromatic heterocycles. The molecule has 2 heterocycles. The Labute approximate surface area is 118 Å². The number of hydrogen-bond donors (Lipinski definition) is 1. The molecule has 1 aromatic carbocycles. The van der Waals surface area contributed by atoms with Crippen LogP contribution in [0, 0.1) is 0 Å². The Balaban J connectivity index is 1.60. The Hall–Kier alpha value is -1.88. The number of hydrogen-bond acceptors (Lipinski definition) is 3. The van der Waals surface area contributed by atoms with E-state index < -0.39 is 6.10 Å². The van der Waals surface area contributed by atoms with Gasteiger partial charge < -0.3 is 14.6 Å². The number of benzene rings is 1. The first-order valence-corrected chi connectivity index (χ1v) is 7.12. The number of likely N-dealkylation sites (N-methyl/N-ethyl adjacent to an activating group) is 1. The molecule has 1 saturated heterocycles. The van der Waals surface area contributed by atoms with Crippen LogP contribution in [0.25, 0.3) is 0 Å². The first-order valence-electron chi connectivity index (χ1n) is 7.12. The minimum absolute atomic E-state index is 0.0761. The molecule has 20 heavy (non-hydrogen) atoms. The predicted octanol–water partition coefficient (Wildman–Crippen LogP) is -0.463. The molecular weight excluding hydrogens is 254 g/mol. The number of nitrogens with zero attached hydrogens (tertiary/aromatic N) is 2. The second-order valence-electron chi connectivity index (χ2n) is 5.48. The van der Waals surface area contributed by atoms with Crippen molar-refractivity contribution in [3.8, 4) is 0 Å². The van der Waals surface area contributed by atoms with Crippen molar-refractivity contribution in [2.75, 3.05) is 33.2 Å². The van der Waals surface area contributed by atoms with Gasteiger partial charge in [-0.3, -0.25) is 4.79 Å². The number of carbonyl (C=O) groups excluding carboxylic acids is 1. The number of oxime groups is 1. The molecule has 0 saturated carbocycles. The zero-order valence-electron chi connectivity index (χ0n) is 11.7. The maximum atomic E-state index is 12.4. The van der Waals surface area contributed by atoms with E-state index in [0.717, 1.165) is 37.5 Å². The van der Waals surface area contributed by atoms with E-state index >= 15 is 0 Å². The standard InChI is InChI=1S/C15H19N3O2/c1-17-7-9-18(10-8-17)15(19)14-11-13(16-20-14)12-5-3-2-4-6-12/h2-6,14H,7-11H2,1H3/p+1/t14-/m0/s1. The molecule has 2 aliphatic heterocycles. The van der Waals surface area contributed by atoms with Crippen molar-refractivity contribution in [3.63, 3.8) is 0 Å².